The lowest BCUT2D eigenvalue weighted by molar-refractivity contribution is 0.0951. The molecule has 0 aliphatic carbocycles. The zero-order chi connectivity index (χ0) is 15.0. The van der Waals surface area contributed by atoms with Gasteiger partial charge in [-0.2, -0.15) is 4.98 Å². The van der Waals surface area contributed by atoms with Crippen LogP contribution in [0.3, 0.4) is 0 Å². The molecule has 0 spiro atoms. The summed E-state index contributed by atoms with van der Waals surface area (Å²) in [7, 11) is 0. The van der Waals surface area contributed by atoms with Crippen LogP contribution in [0.2, 0.25) is 5.02 Å². The predicted octanol–water partition coefficient (Wildman–Crippen LogP) is 2.76. The Hall–Kier alpha value is -2.12. The number of aromatic nitrogens is 2. The summed E-state index contributed by atoms with van der Waals surface area (Å²) >= 11 is 7.24. The Morgan fingerprint density at radius 1 is 1.52 bits per heavy atom. The van der Waals surface area contributed by atoms with E-state index in [0.29, 0.717) is 27.3 Å². The van der Waals surface area contributed by atoms with E-state index in [1.807, 2.05) is 6.07 Å². The van der Waals surface area contributed by atoms with Crippen molar-refractivity contribution < 1.29 is 9.32 Å². The van der Waals surface area contributed by atoms with E-state index in [-0.39, 0.29) is 12.5 Å². The molecule has 1 aromatic carbocycles. The topological polar surface area (TPSA) is 94.0 Å². The highest BCUT2D eigenvalue weighted by Crippen LogP contribution is 2.35. The predicted molar refractivity (Wildman–Crippen MR) is 81.5 cm³/mol. The molecule has 1 amide bonds. The van der Waals surface area contributed by atoms with Gasteiger partial charge in [-0.3, -0.25) is 4.79 Å². The minimum absolute atomic E-state index is 0.161. The Kier molecular flexibility index (Phi) is 3.52. The molecule has 0 saturated carbocycles. The van der Waals surface area contributed by atoms with Crippen molar-refractivity contribution in [1.29, 1.82) is 0 Å². The van der Waals surface area contributed by atoms with Crippen LogP contribution in [0.25, 0.3) is 10.1 Å². The molecule has 0 atom stereocenters. The molecule has 3 N–H and O–H groups in total. The van der Waals surface area contributed by atoms with Gasteiger partial charge in [0.2, 0.25) is 5.89 Å². The fourth-order valence-corrected chi connectivity index (χ4v) is 3.22. The Labute approximate surface area is 128 Å². The van der Waals surface area contributed by atoms with E-state index in [9.17, 15) is 4.79 Å². The maximum Gasteiger partial charge on any atom is 0.263 e. The quantitative estimate of drug-likeness (QED) is 0.773. The number of benzene rings is 1. The Balaban J connectivity index is 1.82. The summed E-state index contributed by atoms with van der Waals surface area (Å²) in [6, 6.07) is 5.34. The number of carbonyl (C=O) groups is 1. The summed E-state index contributed by atoms with van der Waals surface area (Å²) in [6.45, 7) is 1.87. The lowest BCUT2D eigenvalue weighted by Gasteiger charge is -2.00. The lowest BCUT2D eigenvalue weighted by atomic mass is 10.2. The van der Waals surface area contributed by atoms with E-state index >= 15 is 0 Å². The van der Waals surface area contributed by atoms with Gasteiger partial charge in [0.1, 0.15) is 4.88 Å². The molecule has 0 unspecified atom stereocenters. The van der Waals surface area contributed by atoms with E-state index in [0.717, 1.165) is 10.1 Å². The summed E-state index contributed by atoms with van der Waals surface area (Å²) in [6.07, 6.45) is 0. The van der Waals surface area contributed by atoms with E-state index in [4.69, 9.17) is 21.9 Å². The normalized spacial score (nSPS) is 11.0. The number of carbonyl (C=O) groups excluding carboxylic acids is 1. The van der Waals surface area contributed by atoms with E-state index < -0.39 is 0 Å². The molecule has 3 rings (SSSR count). The third-order valence-electron chi connectivity index (χ3n) is 2.87. The number of halogens is 1. The first-order valence-corrected chi connectivity index (χ1v) is 7.29. The van der Waals surface area contributed by atoms with E-state index in [1.165, 1.54) is 11.3 Å². The molecular weight excluding hydrogens is 312 g/mol. The zero-order valence-electron chi connectivity index (χ0n) is 11.0. The van der Waals surface area contributed by atoms with Gasteiger partial charge in [-0.25, -0.2) is 0 Å². The Morgan fingerprint density at radius 3 is 3.05 bits per heavy atom. The van der Waals surface area contributed by atoms with Crippen LogP contribution in [0.1, 0.15) is 21.4 Å². The molecule has 108 valence electrons. The zero-order valence-corrected chi connectivity index (χ0v) is 12.6. The largest absolute Gasteiger partial charge is 0.397 e. The fraction of sp³-hybridized carbons (Fsp3) is 0.154. The lowest BCUT2D eigenvalue weighted by Crippen LogP contribution is -2.22. The monoisotopic (exact) mass is 322 g/mol. The summed E-state index contributed by atoms with van der Waals surface area (Å²) < 4.78 is 5.81. The third kappa shape index (κ3) is 2.70. The molecule has 0 aliphatic rings. The highest BCUT2D eigenvalue weighted by molar-refractivity contribution is 7.21. The summed E-state index contributed by atoms with van der Waals surface area (Å²) in [5.74, 6) is 0.597. The molecule has 2 heterocycles. The molecule has 8 heteroatoms. The molecule has 2 aromatic heterocycles. The van der Waals surface area contributed by atoms with Crippen molar-refractivity contribution >= 4 is 44.6 Å². The Bertz CT molecular complexity index is 827. The minimum Gasteiger partial charge on any atom is -0.397 e. The fourth-order valence-electron chi connectivity index (χ4n) is 1.91. The van der Waals surface area contributed by atoms with Crippen LogP contribution in [-0.2, 0) is 6.54 Å². The van der Waals surface area contributed by atoms with Crippen molar-refractivity contribution in [2.75, 3.05) is 5.73 Å². The van der Waals surface area contributed by atoms with Crippen molar-refractivity contribution in [3.63, 3.8) is 0 Å². The highest BCUT2D eigenvalue weighted by Gasteiger charge is 2.17. The van der Waals surface area contributed by atoms with Crippen LogP contribution >= 0.6 is 22.9 Å². The Morgan fingerprint density at radius 2 is 2.33 bits per heavy atom. The first kappa shape index (κ1) is 13.8. The summed E-state index contributed by atoms with van der Waals surface area (Å²) in [5.41, 5.74) is 6.47. The van der Waals surface area contributed by atoms with Crippen LogP contribution in [-0.4, -0.2) is 16.0 Å². The molecule has 21 heavy (non-hydrogen) atoms. The number of nitrogen functional groups attached to an aromatic ring is 1. The van der Waals surface area contributed by atoms with Gasteiger partial charge < -0.3 is 15.6 Å². The summed E-state index contributed by atoms with van der Waals surface area (Å²) in [5, 5.41) is 7.79. The molecule has 6 nitrogen and oxygen atoms in total. The highest BCUT2D eigenvalue weighted by atomic mass is 35.5. The SMILES string of the molecule is Cc1noc(CNC(=O)c2sc3cc(Cl)ccc3c2N)n1. The summed E-state index contributed by atoms with van der Waals surface area (Å²) in [4.78, 5) is 16.7. The average molecular weight is 323 g/mol. The van der Waals surface area contributed by atoms with Gasteiger partial charge in [0, 0.05) is 15.1 Å². The number of anilines is 1. The number of fused-ring (bicyclic) bond motifs is 1. The maximum atomic E-state index is 12.2. The van der Waals surface area contributed by atoms with Crippen molar-refractivity contribution in [1.82, 2.24) is 15.5 Å². The van der Waals surface area contributed by atoms with E-state index in [1.54, 1.807) is 19.1 Å². The van der Waals surface area contributed by atoms with Crippen LogP contribution in [0.15, 0.2) is 22.7 Å². The van der Waals surface area contributed by atoms with Gasteiger partial charge in [0.15, 0.2) is 5.82 Å². The molecule has 0 bridgehead atoms. The molecular formula is C13H11ClN4O2S. The van der Waals surface area contributed by atoms with Gasteiger partial charge in [-0.1, -0.05) is 16.8 Å². The number of amides is 1. The number of thiophene rings is 1. The van der Waals surface area contributed by atoms with Crippen LogP contribution < -0.4 is 11.1 Å². The smallest absolute Gasteiger partial charge is 0.263 e. The van der Waals surface area contributed by atoms with Crippen LogP contribution in [0.4, 0.5) is 5.69 Å². The number of aryl methyl sites for hydroxylation is 1. The third-order valence-corrected chi connectivity index (χ3v) is 4.27. The van der Waals surface area contributed by atoms with Crippen molar-refractivity contribution in [2.24, 2.45) is 0 Å². The van der Waals surface area contributed by atoms with E-state index in [2.05, 4.69) is 15.5 Å². The van der Waals surface area contributed by atoms with Crippen LogP contribution in [0.5, 0.6) is 0 Å². The van der Waals surface area contributed by atoms with Gasteiger partial charge in [0.05, 0.1) is 12.2 Å². The average Bonchev–Trinajstić information content (AvgIpc) is 3.00. The maximum absolute atomic E-state index is 12.2. The molecule has 0 fully saturated rings. The second kappa shape index (κ2) is 5.34. The number of nitrogens with zero attached hydrogens (tertiary/aromatic N) is 2. The second-order valence-electron chi connectivity index (χ2n) is 4.40. The minimum atomic E-state index is -0.277. The first-order valence-electron chi connectivity index (χ1n) is 6.09. The number of nitrogens with two attached hydrogens (primary N) is 1. The number of nitrogens with one attached hydrogen (secondary N) is 1. The molecule has 3 aromatic rings. The second-order valence-corrected chi connectivity index (χ2v) is 5.89. The van der Waals surface area contributed by atoms with Crippen LogP contribution in [0, 0.1) is 6.92 Å². The molecule has 0 saturated heterocycles. The first-order chi connectivity index (χ1) is 10.0. The van der Waals surface area contributed by atoms with Gasteiger partial charge in [-0.15, -0.1) is 11.3 Å². The standard InChI is InChI=1S/C13H11ClN4O2S/c1-6-17-10(20-18-6)5-16-13(19)12-11(15)8-3-2-7(14)4-9(8)21-12/h2-4H,5,15H2,1H3,(H,16,19). The van der Waals surface area contributed by atoms with Gasteiger partial charge in [-0.05, 0) is 25.1 Å². The van der Waals surface area contributed by atoms with Gasteiger partial charge in [0.25, 0.3) is 5.91 Å². The van der Waals surface area contributed by atoms with Gasteiger partial charge >= 0.3 is 0 Å². The number of hydrogen-bond donors (Lipinski definition) is 2. The number of rotatable bonds is 3. The van der Waals surface area contributed by atoms with Crippen molar-refractivity contribution in [3.8, 4) is 0 Å². The molecule has 0 aliphatic heterocycles. The number of hydrogen-bond acceptors (Lipinski definition) is 6. The van der Waals surface area contributed by atoms with Crippen molar-refractivity contribution in [3.05, 3.63) is 39.8 Å². The molecule has 0 radical (unpaired) electrons. The van der Waals surface area contributed by atoms with Crippen molar-refractivity contribution in [2.45, 2.75) is 13.5 Å².